The quantitative estimate of drug-likeness (QED) is 0.640. The van der Waals surface area contributed by atoms with Gasteiger partial charge in [-0.15, -0.1) is 0 Å². The summed E-state index contributed by atoms with van der Waals surface area (Å²) in [6, 6.07) is 15.5. The van der Waals surface area contributed by atoms with Crippen molar-refractivity contribution in [3.8, 4) is 0 Å². The van der Waals surface area contributed by atoms with Gasteiger partial charge in [0.25, 0.3) is 5.91 Å². The third kappa shape index (κ3) is 5.88. The Morgan fingerprint density at radius 2 is 1.69 bits per heavy atom. The number of hydrogen-bond acceptors (Lipinski definition) is 4. The van der Waals surface area contributed by atoms with Gasteiger partial charge in [-0.3, -0.25) is 4.79 Å². The van der Waals surface area contributed by atoms with E-state index in [9.17, 15) is 13.2 Å². The van der Waals surface area contributed by atoms with Crippen molar-refractivity contribution in [2.24, 2.45) is 0 Å². The summed E-state index contributed by atoms with van der Waals surface area (Å²) in [7, 11) is -1.98. The number of rotatable bonds is 9. The van der Waals surface area contributed by atoms with Gasteiger partial charge in [-0.05, 0) is 68.7 Å². The molecule has 1 heterocycles. The van der Waals surface area contributed by atoms with Crippen LogP contribution in [0.2, 0.25) is 0 Å². The molecule has 0 aromatic heterocycles. The molecule has 1 amide bonds. The van der Waals surface area contributed by atoms with E-state index in [2.05, 4.69) is 10.2 Å². The molecule has 1 fully saturated rings. The molecule has 0 atom stereocenters. The molecule has 1 saturated heterocycles. The molecular formula is C22H29N3O3S. The molecule has 29 heavy (non-hydrogen) atoms. The van der Waals surface area contributed by atoms with E-state index in [1.54, 1.807) is 61.6 Å². The number of likely N-dealkylation sites (tertiary alicyclic amines) is 1. The van der Waals surface area contributed by atoms with Crippen molar-refractivity contribution in [2.45, 2.75) is 30.7 Å². The second kappa shape index (κ2) is 10.0. The summed E-state index contributed by atoms with van der Waals surface area (Å²) in [4.78, 5) is 15.0. The van der Waals surface area contributed by atoms with Crippen LogP contribution in [0.1, 0.15) is 35.2 Å². The van der Waals surface area contributed by atoms with Gasteiger partial charge in [0.15, 0.2) is 0 Å². The van der Waals surface area contributed by atoms with Crippen LogP contribution >= 0.6 is 0 Å². The molecule has 7 heteroatoms. The Kier molecular flexibility index (Phi) is 7.41. The summed E-state index contributed by atoms with van der Waals surface area (Å²) in [5, 5.41) is 2.96. The van der Waals surface area contributed by atoms with Gasteiger partial charge < -0.3 is 10.2 Å². The Morgan fingerprint density at radius 1 is 1.03 bits per heavy atom. The van der Waals surface area contributed by atoms with Crippen molar-refractivity contribution in [3.63, 3.8) is 0 Å². The van der Waals surface area contributed by atoms with Crippen molar-refractivity contribution in [2.75, 3.05) is 33.2 Å². The van der Waals surface area contributed by atoms with Gasteiger partial charge in [0, 0.05) is 25.7 Å². The lowest BCUT2D eigenvalue weighted by atomic mass is 10.1. The molecule has 0 aliphatic carbocycles. The van der Waals surface area contributed by atoms with Gasteiger partial charge in [-0.25, -0.2) is 8.42 Å². The highest BCUT2D eigenvalue weighted by atomic mass is 32.2. The molecule has 2 aromatic rings. The minimum atomic E-state index is -3.54. The van der Waals surface area contributed by atoms with E-state index in [4.69, 9.17) is 0 Å². The smallest absolute Gasteiger partial charge is 0.251 e. The van der Waals surface area contributed by atoms with Crippen LogP contribution in [0.15, 0.2) is 59.5 Å². The average Bonchev–Trinajstić information content (AvgIpc) is 3.26. The number of sulfonamides is 1. The van der Waals surface area contributed by atoms with Gasteiger partial charge in [-0.2, -0.15) is 4.31 Å². The van der Waals surface area contributed by atoms with Crippen LogP contribution in [0.25, 0.3) is 0 Å². The Balaban J connectivity index is 1.49. The Morgan fingerprint density at radius 3 is 2.34 bits per heavy atom. The van der Waals surface area contributed by atoms with Crippen molar-refractivity contribution >= 4 is 15.9 Å². The molecule has 0 unspecified atom stereocenters. The van der Waals surface area contributed by atoms with E-state index < -0.39 is 10.0 Å². The first kappa shape index (κ1) is 21.5. The molecular weight excluding hydrogens is 386 g/mol. The van der Waals surface area contributed by atoms with E-state index in [-0.39, 0.29) is 17.3 Å². The molecule has 2 aromatic carbocycles. The van der Waals surface area contributed by atoms with Crippen LogP contribution in [-0.2, 0) is 16.6 Å². The molecule has 0 spiro atoms. The standard InChI is InChI=1S/C22H29N3O3S/c1-24(29(27,28)21-8-3-2-4-9-21)18-19-10-12-20(13-11-19)22(26)23-14-7-17-25-15-5-6-16-25/h2-4,8-13H,5-7,14-18H2,1H3,(H,23,26). The number of nitrogens with zero attached hydrogens (tertiary/aromatic N) is 2. The van der Waals surface area contributed by atoms with Gasteiger partial charge >= 0.3 is 0 Å². The fourth-order valence-electron chi connectivity index (χ4n) is 3.49. The first-order valence-corrected chi connectivity index (χ1v) is 11.5. The molecule has 1 N–H and O–H groups in total. The van der Waals surface area contributed by atoms with Crippen molar-refractivity contribution in [1.82, 2.24) is 14.5 Å². The topological polar surface area (TPSA) is 69.7 Å². The van der Waals surface area contributed by atoms with E-state index >= 15 is 0 Å². The minimum Gasteiger partial charge on any atom is -0.352 e. The van der Waals surface area contributed by atoms with Crippen LogP contribution in [0.4, 0.5) is 0 Å². The summed E-state index contributed by atoms with van der Waals surface area (Å²) in [6.45, 7) is 4.28. The molecule has 0 saturated carbocycles. The maximum atomic E-state index is 12.6. The highest BCUT2D eigenvalue weighted by Crippen LogP contribution is 2.16. The van der Waals surface area contributed by atoms with E-state index in [0.717, 1.165) is 18.5 Å². The van der Waals surface area contributed by atoms with Gasteiger partial charge in [0.1, 0.15) is 0 Å². The van der Waals surface area contributed by atoms with E-state index in [1.807, 2.05) is 0 Å². The molecule has 1 aliphatic heterocycles. The van der Waals surface area contributed by atoms with Crippen LogP contribution < -0.4 is 5.32 Å². The monoisotopic (exact) mass is 415 g/mol. The fraction of sp³-hybridized carbons (Fsp3) is 0.409. The Labute approximate surface area is 173 Å². The summed E-state index contributed by atoms with van der Waals surface area (Å²) in [5.74, 6) is -0.0942. The SMILES string of the molecule is CN(Cc1ccc(C(=O)NCCCN2CCCC2)cc1)S(=O)(=O)c1ccccc1. The normalized spacial score (nSPS) is 15.0. The lowest BCUT2D eigenvalue weighted by molar-refractivity contribution is 0.0952. The van der Waals surface area contributed by atoms with Crippen LogP contribution in [0, 0.1) is 0 Å². The average molecular weight is 416 g/mol. The predicted molar refractivity (Wildman–Crippen MR) is 114 cm³/mol. The number of nitrogens with one attached hydrogen (secondary N) is 1. The fourth-order valence-corrected chi connectivity index (χ4v) is 4.67. The minimum absolute atomic E-state index is 0.0942. The number of benzene rings is 2. The highest BCUT2D eigenvalue weighted by Gasteiger charge is 2.20. The molecule has 156 valence electrons. The molecule has 1 aliphatic rings. The van der Waals surface area contributed by atoms with E-state index in [0.29, 0.717) is 12.1 Å². The zero-order valence-corrected chi connectivity index (χ0v) is 17.7. The second-order valence-electron chi connectivity index (χ2n) is 7.43. The van der Waals surface area contributed by atoms with Gasteiger partial charge in [0.2, 0.25) is 10.0 Å². The van der Waals surface area contributed by atoms with E-state index in [1.165, 1.54) is 30.2 Å². The first-order chi connectivity index (χ1) is 14.0. The zero-order chi connectivity index (χ0) is 20.7. The molecule has 3 rings (SSSR count). The highest BCUT2D eigenvalue weighted by molar-refractivity contribution is 7.89. The Bertz CT molecular complexity index is 893. The number of carbonyl (C=O) groups is 1. The number of amides is 1. The molecule has 0 radical (unpaired) electrons. The number of carbonyl (C=O) groups excluding carboxylic acids is 1. The van der Waals surface area contributed by atoms with Crippen molar-refractivity contribution < 1.29 is 13.2 Å². The third-order valence-corrected chi connectivity index (χ3v) is 7.03. The van der Waals surface area contributed by atoms with Crippen LogP contribution in [0.3, 0.4) is 0 Å². The number of hydrogen-bond donors (Lipinski definition) is 1. The summed E-state index contributed by atoms with van der Waals surface area (Å²) >= 11 is 0. The second-order valence-corrected chi connectivity index (χ2v) is 9.47. The first-order valence-electron chi connectivity index (χ1n) is 10.1. The van der Waals surface area contributed by atoms with Crippen molar-refractivity contribution in [3.05, 3.63) is 65.7 Å². The summed E-state index contributed by atoms with van der Waals surface area (Å²) < 4.78 is 26.5. The lowest BCUT2D eigenvalue weighted by Crippen LogP contribution is -2.28. The summed E-state index contributed by atoms with van der Waals surface area (Å²) in [5.41, 5.74) is 1.42. The lowest BCUT2D eigenvalue weighted by Gasteiger charge is -2.17. The Hall–Kier alpha value is -2.22. The van der Waals surface area contributed by atoms with Crippen LogP contribution in [0.5, 0.6) is 0 Å². The maximum absolute atomic E-state index is 12.6. The van der Waals surface area contributed by atoms with Gasteiger partial charge in [0.05, 0.1) is 4.90 Å². The summed E-state index contributed by atoms with van der Waals surface area (Å²) in [6.07, 6.45) is 3.51. The van der Waals surface area contributed by atoms with Gasteiger partial charge in [-0.1, -0.05) is 30.3 Å². The molecule has 0 bridgehead atoms. The van der Waals surface area contributed by atoms with Crippen LogP contribution in [-0.4, -0.2) is 56.8 Å². The third-order valence-electron chi connectivity index (χ3n) is 5.21. The van der Waals surface area contributed by atoms with Crippen molar-refractivity contribution in [1.29, 1.82) is 0 Å². The zero-order valence-electron chi connectivity index (χ0n) is 16.9. The predicted octanol–water partition coefficient (Wildman–Crippen LogP) is 2.72. The molecule has 6 nitrogen and oxygen atoms in total. The maximum Gasteiger partial charge on any atom is 0.251 e. The largest absolute Gasteiger partial charge is 0.352 e.